The van der Waals surface area contributed by atoms with Crippen LogP contribution in [0.2, 0.25) is 0 Å². The van der Waals surface area contributed by atoms with Crippen molar-refractivity contribution in [3.8, 4) is 0 Å². The lowest BCUT2D eigenvalue weighted by atomic mass is 9.92. The lowest BCUT2D eigenvalue weighted by Crippen LogP contribution is -2.13. The largest absolute Gasteiger partial charge is 0.433 e. The third kappa shape index (κ3) is 2.68. The van der Waals surface area contributed by atoms with Crippen molar-refractivity contribution in [2.75, 3.05) is 0 Å². The molecule has 0 atom stereocenters. The Morgan fingerprint density at radius 1 is 1.18 bits per heavy atom. The highest BCUT2D eigenvalue weighted by Crippen LogP contribution is 2.36. The van der Waals surface area contributed by atoms with Crippen LogP contribution in [-0.2, 0) is 6.18 Å². The maximum absolute atomic E-state index is 12.9. The van der Waals surface area contributed by atoms with Gasteiger partial charge in [-0.05, 0) is 44.2 Å². The van der Waals surface area contributed by atoms with Crippen molar-refractivity contribution in [3.63, 3.8) is 0 Å². The Bertz CT molecular complexity index is 446. The van der Waals surface area contributed by atoms with Gasteiger partial charge in [-0.3, -0.25) is 0 Å². The minimum atomic E-state index is -4.38. The SMILES string of the molecule is Cc1ccc(C2=CCCCC2)c(C(F)(F)F)n1. The Labute approximate surface area is 98.4 Å². The van der Waals surface area contributed by atoms with E-state index in [-0.39, 0.29) is 5.56 Å². The van der Waals surface area contributed by atoms with Gasteiger partial charge in [0.1, 0.15) is 0 Å². The predicted octanol–water partition coefficient (Wildman–Crippen LogP) is 4.37. The van der Waals surface area contributed by atoms with Crippen LogP contribution in [0.3, 0.4) is 0 Å². The normalized spacial score (nSPS) is 16.8. The first kappa shape index (κ1) is 12.1. The average Bonchev–Trinajstić information content (AvgIpc) is 2.29. The number of rotatable bonds is 1. The van der Waals surface area contributed by atoms with E-state index in [0.29, 0.717) is 12.1 Å². The van der Waals surface area contributed by atoms with Crippen molar-refractivity contribution in [2.45, 2.75) is 38.8 Å². The van der Waals surface area contributed by atoms with Crippen LogP contribution < -0.4 is 0 Å². The standard InChI is InChI=1S/C13H14F3N/c1-9-7-8-11(10-5-3-2-4-6-10)12(17-9)13(14,15)16/h5,7-8H,2-4,6H2,1H3. The molecule has 1 nitrogen and oxygen atoms in total. The van der Waals surface area contributed by atoms with Crippen LogP contribution in [0.1, 0.15) is 42.6 Å². The lowest BCUT2D eigenvalue weighted by Gasteiger charge is -2.17. The number of halogens is 3. The van der Waals surface area contributed by atoms with Crippen molar-refractivity contribution >= 4 is 5.57 Å². The van der Waals surface area contributed by atoms with Crippen molar-refractivity contribution in [1.29, 1.82) is 0 Å². The van der Waals surface area contributed by atoms with Crippen LogP contribution >= 0.6 is 0 Å². The van der Waals surface area contributed by atoms with Gasteiger partial charge >= 0.3 is 6.18 Å². The third-order valence-electron chi connectivity index (χ3n) is 2.94. The van der Waals surface area contributed by atoms with Crippen molar-refractivity contribution in [2.24, 2.45) is 0 Å². The van der Waals surface area contributed by atoms with E-state index in [4.69, 9.17) is 0 Å². The summed E-state index contributed by atoms with van der Waals surface area (Å²) in [6, 6.07) is 3.18. The zero-order valence-corrected chi connectivity index (χ0v) is 9.64. The molecule has 0 radical (unpaired) electrons. The molecule has 0 bridgehead atoms. The van der Waals surface area contributed by atoms with E-state index in [2.05, 4.69) is 4.98 Å². The first-order chi connectivity index (χ1) is 7.98. The second kappa shape index (κ2) is 4.51. The summed E-state index contributed by atoms with van der Waals surface area (Å²) in [5, 5.41) is 0. The molecule has 2 rings (SSSR count). The summed E-state index contributed by atoms with van der Waals surface area (Å²) >= 11 is 0. The molecule has 0 aliphatic heterocycles. The van der Waals surface area contributed by atoms with Gasteiger partial charge < -0.3 is 0 Å². The van der Waals surface area contributed by atoms with Gasteiger partial charge in [-0.1, -0.05) is 12.1 Å². The number of alkyl halides is 3. The molecule has 0 aromatic carbocycles. The topological polar surface area (TPSA) is 12.9 Å². The molecule has 1 aromatic heterocycles. The zero-order chi connectivity index (χ0) is 12.5. The highest BCUT2D eigenvalue weighted by molar-refractivity contribution is 5.68. The molecule has 0 fully saturated rings. The number of hydrogen-bond acceptors (Lipinski definition) is 1. The summed E-state index contributed by atoms with van der Waals surface area (Å²) in [5.74, 6) is 0. The van der Waals surface area contributed by atoms with E-state index >= 15 is 0 Å². The van der Waals surface area contributed by atoms with Gasteiger partial charge in [-0.25, -0.2) is 4.98 Å². The monoisotopic (exact) mass is 241 g/mol. The molecular formula is C13H14F3N. The molecule has 92 valence electrons. The molecule has 0 unspecified atom stereocenters. The quantitative estimate of drug-likeness (QED) is 0.711. The molecule has 1 aliphatic rings. The van der Waals surface area contributed by atoms with E-state index < -0.39 is 11.9 Å². The Balaban J connectivity index is 2.49. The molecule has 1 aliphatic carbocycles. The number of aromatic nitrogens is 1. The van der Waals surface area contributed by atoms with Crippen molar-refractivity contribution in [1.82, 2.24) is 4.98 Å². The average molecular weight is 241 g/mol. The highest BCUT2D eigenvalue weighted by Gasteiger charge is 2.36. The number of aryl methyl sites for hydroxylation is 1. The summed E-state index contributed by atoms with van der Waals surface area (Å²) < 4.78 is 38.7. The molecule has 0 spiro atoms. The Hall–Kier alpha value is -1.32. The van der Waals surface area contributed by atoms with Crippen LogP contribution in [0, 0.1) is 6.92 Å². The minimum absolute atomic E-state index is 0.253. The van der Waals surface area contributed by atoms with Gasteiger partial charge in [-0.15, -0.1) is 0 Å². The fourth-order valence-corrected chi connectivity index (χ4v) is 2.11. The fourth-order valence-electron chi connectivity index (χ4n) is 2.11. The maximum Gasteiger partial charge on any atom is 0.433 e. The first-order valence-electron chi connectivity index (χ1n) is 5.73. The van der Waals surface area contributed by atoms with Crippen LogP contribution in [0.25, 0.3) is 5.57 Å². The van der Waals surface area contributed by atoms with Crippen LogP contribution in [0.4, 0.5) is 13.2 Å². The summed E-state index contributed by atoms with van der Waals surface area (Å²) in [6.45, 7) is 1.58. The Kier molecular flexibility index (Phi) is 3.22. The second-order valence-electron chi connectivity index (χ2n) is 4.32. The smallest absolute Gasteiger partial charge is 0.248 e. The number of allylic oxidation sites excluding steroid dienone is 2. The van der Waals surface area contributed by atoms with Gasteiger partial charge in [0.2, 0.25) is 0 Å². The zero-order valence-electron chi connectivity index (χ0n) is 9.64. The Morgan fingerprint density at radius 3 is 2.53 bits per heavy atom. The maximum atomic E-state index is 12.9. The minimum Gasteiger partial charge on any atom is -0.248 e. The number of nitrogens with zero attached hydrogens (tertiary/aromatic N) is 1. The molecule has 0 saturated carbocycles. The van der Waals surface area contributed by atoms with Crippen LogP contribution in [0.5, 0.6) is 0 Å². The predicted molar refractivity (Wildman–Crippen MR) is 60.4 cm³/mol. The molecule has 4 heteroatoms. The van der Waals surface area contributed by atoms with E-state index in [0.717, 1.165) is 24.8 Å². The summed E-state index contributed by atoms with van der Waals surface area (Å²) in [7, 11) is 0. The third-order valence-corrected chi connectivity index (χ3v) is 2.94. The summed E-state index contributed by atoms with van der Waals surface area (Å²) in [5.41, 5.74) is 0.696. The van der Waals surface area contributed by atoms with Crippen molar-refractivity contribution < 1.29 is 13.2 Å². The molecule has 17 heavy (non-hydrogen) atoms. The van der Waals surface area contributed by atoms with E-state index in [1.165, 1.54) is 0 Å². The van der Waals surface area contributed by atoms with Crippen LogP contribution in [-0.4, -0.2) is 4.98 Å². The van der Waals surface area contributed by atoms with Gasteiger partial charge in [0.05, 0.1) is 0 Å². The number of pyridine rings is 1. The van der Waals surface area contributed by atoms with E-state index in [1.54, 1.807) is 19.1 Å². The van der Waals surface area contributed by atoms with Gasteiger partial charge in [0.25, 0.3) is 0 Å². The lowest BCUT2D eigenvalue weighted by molar-refractivity contribution is -0.141. The fraction of sp³-hybridized carbons (Fsp3) is 0.462. The van der Waals surface area contributed by atoms with E-state index in [9.17, 15) is 13.2 Å². The van der Waals surface area contributed by atoms with Crippen LogP contribution in [0.15, 0.2) is 18.2 Å². The molecule has 0 saturated heterocycles. The van der Waals surface area contributed by atoms with E-state index in [1.807, 2.05) is 6.08 Å². The summed E-state index contributed by atoms with van der Waals surface area (Å²) in [4.78, 5) is 3.65. The Morgan fingerprint density at radius 2 is 1.94 bits per heavy atom. The van der Waals surface area contributed by atoms with Gasteiger partial charge in [0, 0.05) is 11.3 Å². The summed E-state index contributed by atoms with van der Waals surface area (Å²) in [6.07, 6.45) is 1.13. The molecule has 1 heterocycles. The molecule has 0 amide bonds. The molecule has 0 N–H and O–H groups in total. The second-order valence-corrected chi connectivity index (χ2v) is 4.32. The number of hydrogen-bond donors (Lipinski definition) is 0. The van der Waals surface area contributed by atoms with Crippen molar-refractivity contribution in [3.05, 3.63) is 35.2 Å². The molecular weight excluding hydrogens is 227 g/mol. The van der Waals surface area contributed by atoms with Gasteiger partial charge in [0.15, 0.2) is 5.69 Å². The van der Waals surface area contributed by atoms with Gasteiger partial charge in [-0.2, -0.15) is 13.2 Å². The first-order valence-corrected chi connectivity index (χ1v) is 5.73. The highest BCUT2D eigenvalue weighted by atomic mass is 19.4. The molecule has 1 aromatic rings.